The predicted molar refractivity (Wildman–Crippen MR) is 110 cm³/mol. The molecule has 148 valence electrons. The van der Waals surface area contributed by atoms with E-state index in [1.165, 1.54) is 0 Å². The average Bonchev–Trinajstić information content (AvgIpc) is 3.42. The van der Waals surface area contributed by atoms with Gasteiger partial charge in [-0.2, -0.15) is 0 Å². The number of hydroxylamine groups is 1. The van der Waals surface area contributed by atoms with E-state index in [9.17, 15) is 5.11 Å². The standard InChI is InChI=1S/C22H25ClN2O3/c1-14(2)24-12-17(26)13-27-25-21-18-9-8-16(23)10-20(18)28-22(11-19(21)22)15-6-4-3-5-7-15/h3-10,14,17,24-26H,11-13H2,1-2H3. The van der Waals surface area contributed by atoms with E-state index in [-0.39, 0.29) is 6.61 Å². The average molecular weight is 401 g/mol. The highest BCUT2D eigenvalue weighted by atomic mass is 35.5. The molecule has 2 atom stereocenters. The lowest BCUT2D eigenvalue weighted by Crippen LogP contribution is -2.36. The largest absolute Gasteiger partial charge is 0.477 e. The minimum atomic E-state index is -0.594. The smallest absolute Gasteiger partial charge is 0.162 e. The van der Waals surface area contributed by atoms with Crippen molar-refractivity contribution < 1.29 is 14.7 Å². The van der Waals surface area contributed by atoms with Crippen molar-refractivity contribution in [1.82, 2.24) is 10.8 Å². The van der Waals surface area contributed by atoms with Crippen molar-refractivity contribution in [3.05, 3.63) is 70.3 Å². The summed E-state index contributed by atoms with van der Waals surface area (Å²) in [5.41, 5.74) is 6.66. The minimum absolute atomic E-state index is 0.179. The maximum Gasteiger partial charge on any atom is 0.162 e. The van der Waals surface area contributed by atoms with Gasteiger partial charge < -0.3 is 15.2 Å². The second-order valence-electron chi connectivity index (χ2n) is 7.60. The minimum Gasteiger partial charge on any atom is -0.477 e. The molecule has 1 saturated carbocycles. The number of fused-ring (bicyclic) bond motifs is 2. The summed E-state index contributed by atoms with van der Waals surface area (Å²) in [7, 11) is 0. The van der Waals surface area contributed by atoms with E-state index < -0.39 is 11.7 Å². The first-order valence-corrected chi connectivity index (χ1v) is 9.95. The van der Waals surface area contributed by atoms with E-state index in [0.717, 1.165) is 34.6 Å². The Hall–Kier alpha value is -2.05. The van der Waals surface area contributed by atoms with Crippen LogP contribution in [0.2, 0.25) is 5.02 Å². The summed E-state index contributed by atoms with van der Waals surface area (Å²) in [5, 5.41) is 13.9. The van der Waals surface area contributed by atoms with Gasteiger partial charge in [0.1, 0.15) is 12.4 Å². The Balaban J connectivity index is 1.54. The monoisotopic (exact) mass is 400 g/mol. The van der Waals surface area contributed by atoms with Gasteiger partial charge in [0.2, 0.25) is 0 Å². The number of halogens is 1. The SMILES string of the molecule is CC(C)NCC(O)CONC1=C2CC2(c2ccccc2)Oc2cc(Cl)ccc21. The van der Waals surface area contributed by atoms with Gasteiger partial charge in [-0.3, -0.25) is 10.3 Å². The molecular weight excluding hydrogens is 376 g/mol. The molecule has 0 aromatic heterocycles. The highest BCUT2D eigenvalue weighted by Gasteiger charge is 2.58. The number of aliphatic hydroxyl groups excluding tert-OH is 1. The van der Waals surface area contributed by atoms with Crippen LogP contribution < -0.4 is 15.5 Å². The molecule has 2 aliphatic rings. The molecule has 0 spiro atoms. The number of nitrogens with one attached hydrogen (secondary N) is 2. The maximum atomic E-state index is 10.1. The second kappa shape index (κ2) is 7.76. The Kier molecular flexibility index (Phi) is 5.34. The van der Waals surface area contributed by atoms with Crippen LogP contribution in [0.5, 0.6) is 5.75 Å². The van der Waals surface area contributed by atoms with Gasteiger partial charge in [-0.05, 0) is 18.2 Å². The molecule has 2 unspecified atom stereocenters. The molecule has 0 bridgehead atoms. The summed E-state index contributed by atoms with van der Waals surface area (Å²) in [6.07, 6.45) is 0.190. The maximum absolute atomic E-state index is 10.1. The number of ether oxygens (including phenoxy) is 1. The zero-order valence-corrected chi connectivity index (χ0v) is 16.8. The van der Waals surface area contributed by atoms with Crippen molar-refractivity contribution >= 4 is 17.3 Å². The van der Waals surface area contributed by atoms with Crippen molar-refractivity contribution in [2.24, 2.45) is 0 Å². The molecule has 6 heteroatoms. The third kappa shape index (κ3) is 3.76. The van der Waals surface area contributed by atoms with E-state index in [4.69, 9.17) is 21.2 Å². The number of hydrogen-bond acceptors (Lipinski definition) is 5. The molecule has 0 amide bonds. The lowest BCUT2D eigenvalue weighted by atomic mass is 10.0. The molecule has 0 radical (unpaired) electrons. The first-order valence-electron chi connectivity index (χ1n) is 9.57. The molecule has 2 aromatic rings. The van der Waals surface area contributed by atoms with Crippen LogP contribution in [-0.2, 0) is 10.4 Å². The normalized spacial score (nSPS) is 21.0. The molecule has 5 nitrogen and oxygen atoms in total. The van der Waals surface area contributed by atoms with Gasteiger partial charge >= 0.3 is 0 Å². The lowest BCUT2D eigenvalue weighted by Gasteiger charge is -2.27. The van der Waals surface area contributed by atoms with Crippen molar-refractivity contribution in [1.29, 1.82) is 0 Å². The summed E-state index contributed by atoms with van der Waals surface area (Å²) >= 11 is 6.20. The Morgan fingerprint density at radius 3 is 2.75 bits per heavy atom. The fourth-order valence-electron chi connectivity index (χ4n) is 3.53. The molecule has 3 N–H and O–H groups in total. The fourth-order valence-corrected chi connectivity index (χ4v) is 3.69. The number of benzene rings is 2. The molecule has 4 rings (SSSR count). The summed E-state index contributed by atoms with van der Waals surface area (Å²) < 4.78 is 6.39. The van der Waals surface area contributed by atoms with Crippen LogP contribution in [0.4, 0.5) is 0 Å². The third-order valence-corrected chi connectivity index (χ3v) is 5.27. The van der Waals surface area contributed by atoms with Gasteiger partial charge in [-0.1, -0.05) is 55.8 Å². The van der Waals surface area contributed by atoms with Crippen molar-refractivity contribution in [3.8, 4) is 5.75 Å². The van der Waals surface area contributed by atoms with E-state index in [0.29, 0.717) is 17.6 Å². The van der Waals surface area contributed by atoms with Crippen LogP contribution >= 0.6 is 11.6 Å². The number of rotatable bonds is 8. The van der Waals surface area contributed by atoms with Gasteiger partial charge in [-0.15, -0.1) is 0 Å². The molecule has 0 saturated heterocycles. The van der Waals surface area contributed by atoms with Crippen molar-refractivity contribution in [3.63, 3.8) is 0 Å². The zero-order valence-electron chi connectivity index (χ0n) is 16.0. The topological polar surface area (TPSA) is 62.8 Å². The zero-order chi connectivity index (χ0) is 19.7. The van der Waals surface area contributed by atoms with Crippen LogP contribution in [-0.4, -0.2) is 30.4 Å². The van der Waals surface area contributed by atoms with Gasteiger partial charge in [-0.25, -0.2) is 0 Å². The number of aliphatic hydroxyl groups is 1. The van der Waals surface area contributed by atoms with Crippen LogP contribution in [0.25, 0.3) is 5.70 Å². The van der Waals surface area contributed by atoms with Gasteiger partial charge in [0.05, 0.1) is 11.8 Å². The van der Waals surface area contributed by atoms with Gasteiger partial charge in [0.25, 0.3) is 0 Å². The van der Waals surface area contributed by atoms with Gasteiger partial charge in [0.15, 0.2) is 5.60 Å². The first kappa shape index (κ1) is 19.3. The van der Waals surface area contributed by atoms with Crippen molar-refractivity contribution in [2.45, 2.75) is 38.0 Å². The quantitative estimate of drug-likeness (QED) is 0.591. The van der Waals surface area contributed by atoms with E-state index in [2.05, 4.69) is 22.9 Å². The first-order chi connectivity index (χ1) is 13.5. The summed E-state index contributed by atoms with van der Waals surface area (Å²) in [5.74, 6) is 0.728. The molecule has 28 heavy (non-hydrogen) atoms. The number of hydrogen-bond donors (Lipinski definition) is 3. The molecule has 1 aliphatic carbocycles. The summed E-state index contributed by atoms with van der Waals surface area (Å²) in [6, 6.07) is 16.1. The highest BCUT2D eigenvalue weighted by molar-refractivity contribution is 6.30. The molecule has 1 aliphatic heterocycles. The van der Waals surface area contributed by atoms with E-state index >= 15 is 0 Å². The van der Waals surface area contributed by atoms with E-state index in [1.807, 2.05) is 50.2 Å². The fraction of sp³-hybridized carbons (Fsp3) is 0.364. The summed E-state index contributed by atoms with van der Waals surface area (Å²) in [4.78, 5) is 5.65. The third-order valence-electron chi connectivity index (χ3n) is 5.04. The molecule has 2 aromatic carbocycles. The van der Waals surface area contributed by atoms with Gasteiger partial charge in [0, 0.05) is 40.7 Å². The Labute approximate surface area is 170 Å². The second-order valence-corrected chi connectivity index (χ2v) is 8.03. The molecule has 1 fully saturated rings. The Morgan fingerprint density at radius 2 is 2.00 bits per heavy atom. The lowest BCUT2D eigenvalue weighted by molar-refractivity contribution is 0.00292. The molecule has 1 heterocycles. The van der Waals surface area contributed by atoms with Crippen molar-refractivity contribution in [2.75, 3.05) is 13.2 Å². The van der Waals surface area contributed by atoms with Crippen LogP contribution in [0, 0.1) is 0 Å². The highest BCUT2D eigenvalue weighted by Crippen LogP contribution is 2.61. The Morgan fingerprint density at radius 1 is 1.21 bits per heavy atom. The summed E-state index contributed by atoms with van der Waals surface area (Å²) in [6.45, 7) is 4.74. The van der Waals surface area contributed by atoms with Crippen LogP contribution in [0.1, 0.15) is 31.4 Å². The Bertz CT molecular complexity index is 885. The van der Waals surface area contributed by atoms with E-state index in [1.54, 1.807) is 0 Å². The van der Waals surface area contributed by atoms with Crippen LogP contribution in [0.15, 0.2) is 54.1 Å². The molecular formula is C22H25ClN2O3. The van der Waals surface area contributed by atoms with Crippen LogP contribution in [0.3, 0.4) is 0 Å². The predicted octanol–water partition coefficient (Wildman–Crippen LogP) is 3.62.